The van der Waals surface area contributed by atoms with Crippen molar-refractivity contribution >= 4 is 32.8 Å². The molecule has 4 aromatic rings. The van der Waals surface area contributed by atoms with Crippen molar-refractivity contribution in [2.24, 2.45) is 0 Å². The molecule has 0 unspecified atom stereocenters. The lowest BCUT2D eigenvalue weighted by Crippen LogP contribution is -1.99. The monoisotopic (exact) mass is 482 g/mol. The highest BCUT2D eigenvalue weighted by atomic mass is 79.9. The highest BCUT2D eigenvalue weighted by Gasteiger charge is 2.12. The van der Waals surface area contributed by atoms with Crippen LogP contribution in [0.1, 0.15) is 30.7 Å². The number of hydrogen-bond donors (Lipinski definition) is 1. The first kappa shape index (κ1) is 21.2. The Morgan fingerprint density at radius 2 is 1.97 bits per heavy atom. The standard InChI is InChI=1S/C24H23BrN2O4/c1-16-21(26-24(31-16)17-5-7-19(25)8-6-17)15-30-20-9-10-22-18(14-20)11-13-27(22)12-3-2-4-23(28)29/h5-11,13-14H,2-4,12,15H2,1H3,(H,28,29). The summed E-state index contributed by atoms with van der Waals surface area (Å²) in [5.41, 5.74) is 2.80. The highest BCUT2D eigenvalue weighted by molar-refractivity contribution is 9.10. The number of hydrogen-bond acceptors (Lipinski definition) is 4. The van der Waals surface area contributed by atoms with Crippen LogP contribution in [-0.2, 0) is 17.9 Å². The number of carboxylic acids is 1. The predicted octanol–water partition coefficient (Wildman–Crippen LogP) is 6.20. The van der Waals surface area contributed by atoms with Crippen LogP contribution in [0.5, 0.6) is 5.75 Å². The van der Waals surface area contributed by atoms with Crippen LogP contribution in [0.4, 0.5) is 0 Å². The number of oxazole rings is 1. The van der Waals surface area contributed by atoms with E-state index in [1.807, 2.05) is 61.7 Å². The largest absolute Gasteiger partial charge is 0.487 e. The number of benzene rings is 2. The maximum atomic E-state index is 10.6. The first-order valence-corrected chi connectivity index (χ1v) is 10.9. The number of aliphatic carboxylic acids is 1. The van der Waals surface area contributed by atoms with Crippen molar-refractivity contribution < 1.29 is 19.1 Å². The molecule has 2 aromatic carbocycles. The van der Waals surface area contributed by atoms with Gasteiger partial charge in [0.25, 0.3) is 0 Å². The first-order chi connectivity index (χ1) is 15.0. The lowest BCUT2D eigenvalue weighted by atomic mass is 10.2. The summed E-state index contributed by atoms with van der Waals surface area (Å²) in [6.45, 7) is 3.02. The van der Waals surface area contributed by atoms with Gasteiger partial charge in [0.05, 0.1) is 0 Å². The van der Waals surface area contributed by atoms with Crippen molar-refractivity contribution in [3.8, 4) is 17.2 Å². The first-order valence-electron chi connectivity index (χ1n) is 10.2. The zero-order valence-electron chi connectivity index (χ0n) is 17.2. The van der Waals surface area contributed by atoms with Gasteiger partial charge in [0.15, 0.2) is 0 Å². The van der Waals surface area contributed by atoms with E-state index in [1.165, 1.54) is 0 Å². The van der Waals surface area contributed by atoms with E-state index in [1.54, 1.807) is 0 Å². The zero-order chi connectivity index (χ0) is 21.8. The van der Waals surface area contributed by atoms with Gasteiger partial charge in [-0.1, -0.05) is 15.9 Å². The molecule has 0 amide bonds. The molecule has 0 saturated carbocycles. The SMILES string of the molecule is Cc1oc(-c2ccc(Br)cc2)nc1COc1ccc2c(ccn2CCCCC(=O)O)c1. The van der Waals surface area contributed by atoms with Gasteiger partial charge >= 0.3 is 5.97 Å². The van der Waals surface area contributed by atoms with E-state index >= 15 is 0 Å². The Balaban J connectivity index is 1.40. The van der Waals surface area contributed by atoms with Gasteiger partial charge in [0.1, 0.15) is 23.8 Å². The van der Waals surface area contributed by atoms with Crippen LogP contribution < -0.4 is 4.74 Å². The summed E-state index contributed by atoms with van der Waals surface area (Å²) in [4.78, 5) is 15.2. The van der Waals surface area contributed by atoms with Crippen molar-refractivity contribution in [3.63, 3.8) is 0 Å². The van der Waals surface area contributed by atoms with Crippen LogP contribution in [0.3, 0.4) is 0 Å². The lowest BCUT2D eigenvalue weighted by Gasteiger charge is -2.07. The quantitative estimate of drug-likeness (QED) is 0.287. The minimum atomic E-state index is -0.745. The highest BCUT2D eigenvalue weighted by Crippen LogP contribution is 2.26. The second kappa shape index (κ2) is 9.39. The summed E-state index contributed by atoms with van der Waals surface area (Å²) >= 11 is 3.43. The van der Waals surface area contributed by atoms with Crippen molar-refractivity contribution in [1.82, 2.24) is 9.55 Å². The Morgan fingerprint density at radius 1 is 1.16 bits per heavy atom. The van der Waals surface area contributed by atoms with Gasteiger partial charge in [-0.05, 0) is 68.3 Å². The van der Waals surface area contributed by atoms with E-state index in [0.29, 0.717) is 18.9 Å². The molecule has 2 heterocycles. The number of halogens is 1. The van der Waals surface area contributed by atoms with E-state index in [9.17, 15) is 4.79 Å². The second-order valence-corrected chi connectivity index (χ2v) is 8.31. The molecule has 0 spiro atoms. The van der Waals surface area contributed by atoms with Crippen LogP contribution in [0.15, 0.2) is 63.6 Å². The number of carbonyl (C=O) groups is 1. The van der Waals surface area contributed by atoms with Crippen LogP contribution in [0.25, 0.3) is 22.4 Å². The van der Waals surface area contributed by atoms with Crippen molar-refractivity contribution in [2.45, 2.75) is 39.3 Å². The third kappa shape index (κ3) is 5.17. The Bertz CT molecular complexity index is 1190. The molecular weight excluding hydrogens is 460 g/mol. The Morgan fingerprint density at radius 3 is 2.74 bits per heavy atom. The fourth-order valence-corrected chi connectivity index (χ4v) is 3.72. The fourth-order valence-electron chi connectivity index (χ4n) is 3.45. The second-order valence-electron chi connectivity index (χ2n) is 7.40. The Kier molecular flexibility index (Phi) is 6.42. The van der Waals surface area contributed by atoms with E-state index in [0.717, 1.165) is 51.1 Å². The van der Waals surface area contributed by atoms with Crippen LogP contribution in [0.2, 0.25) is 0 Å². The molecule has 4 rings (SSSR count). The smallest absolute Gasteiger partial charge is 0.303 e. The topological polar surface area (TPSA) is 77.5 Å². The summed E-state index contributed by atoms with van der Waals surface area (Å²) < 4.78 is 14.9. The lowest BCUT2D eigenvalue weighted by molar-refractivity contribution is -0.137. The van der Waals surface area contributed by atoms with E-state index < -0.39 is 5.97 Å². The Labute approximate surface area is 188 Å². The van der Waals surface area contributed by atoms with Crippen molar-refractivity contribution in [2.75, 3.05) is 0 Å². The summed E-state index contributed by atoms with van der Waals surface area (Å²) in [5, 5.41) is 9.85. The maximum absolute atomic E-state index is 10.6. The van der Waals surface area contributed by atoms with Gasteiger partial charge in [-0.15, -0.1) is 0 Å². The number of nitrogens with zero attached hydrogens (tertiary/aromatic N) is 2. The third-order valence-corrected chi connectivity index (χ3v) is 5.67. The molecule has 0 radical (unpaired) electrons. The number of aromatic nitrogens is 2. The van der Waals surface area contributed by atoms with Crippen LogP contribution >= 0.6 is 15.9 Å². The van der Waals surface area contributed by atoms with E-state index in [-0.39, 0.29) is 6.42 Å². The van der Waals surface area contributed by atoms with Crippen molar-refractivity contribution in [1.29, 1.82) is 0 Å². The molecule has 0 bridgehead atoms. The molecule has 0 saturated heterocycles. The normalized spacial score (nSPS) is 11.2. The summed E-state index contributed by atoms with van der Waals surface area (Å²) in [5.74, 6) is 1.35. The summed E-state index contributed by atoms with van der Waals surface area (Å²) in [6, 6.07) is 15.9. The van der Waals surface area contributed by atoms with Crippen molar-refractivity contribution in [3.05, 3.63) is 70.7 Å². The fraction of sp³-hybridized carbons (Fsp3) is 0.250. The molecule has 0 aliphatic rings. The molecule has 0 aliphatic carbocycles. The van der Waals surface area contributed by atoms with Gasteiger partial charge in [-0.3, -0.25) is 4.79 Å². The third-order valence-electron chi connectivity index (χ3n) is 5.14. The van der Waals surface area contributed by atoms with E-state index in [2.05, 4.69) is 25.5 Å². The Hall–Kier alpha value is -3.06. The number of unbranched alkanes of at least 4 members (excludes halogenated alkanes) is 1. The van der Waals surface area contributed by atoms with Gasteiger partial charge in [-0.2, -0.15) is 0 Å². The maximum Gasteiger partial charge on any atom is 0.303 e. The molecule has 160 valence electrons. The zero-order valence-corrected chi connectivity index (χ0v) is 18.8. The summed E-state index contributed by atoms with van der Waals surface area (Å²) in [6.07, 6.45) is 3.75. The summed E-state index contributed by atoms with van der Waals surface area (Å²) in [7, 11) is 0. The minimum absolute atomic E-state index is 0.211. The molecule has 0 atom stereocenters. The molecule has 7 heteroatoms. The molecule has 6 nitrogen and oxygen atoms in total. The number of rotatable bonds is 9. The molecule has 2 aromatic heterocycles. The number of carboxylic acid groups (broad SMARTS) is 1. The predicted molar refractivity (Wildman–Crippen MR) is 122 cm³/mol. The molecular formula is C24H23BrN2O4. The van der Waals surface area contributed by atoms with Crippen LogP contribution in [-0.4, -0.2) is 20.6 Å². The van der Waals surface area contributed by atoms with Gasteiger partial charge in [0.2, 0.25) is 5.89 Å². The van der Waals surface area contributed by atoms with Crippen LogP contribution in [0, 0.1) is 6.92 Å². The van der Waals surface area contributed by atoms with Gasteiger partial charge in [-0.25, -0.2) is 4.98 Å². The van der Waals surface area contributed by atoms with Gasteiger partial charge < -0.3 is 18.8 Å². The molecule has 0 fully saturated rings. The number of fused-ring (bicyclic) bond motifs is 1. The van der Waals surface area contributed by atoms with E-state index in [4.69, 9.17) is 14.3 Å². The average Bonchev–Trinajstić information content (AvgIpc) is 3.33. The van der Waals surface area contributed by atoms with Gasteiger partial charge in [0, 0.05) is 40.1 Å². The number of aryl methyl sites for hydroxylation is 2. The molecule has 0 aliphatic heterocycles. The number of ether oxygens (including phenoxy) is 1. The minimum Gasteiger partial charge on any atom is -0.487 e. The molecule has 1 N–H and O–H groups in total. The average molecular weight is 483 g/mol. The molecule has 31 heavy (non-hydrogen) atoms.